The van der Waals surface area contributed by atoms with Crippen LogP contribution in [0, 0.1) is 0 Å². The van der Waals surface area contributed by atoms with Crippen molar-refractivity contribution >= 4 is 29.9 Å². The Morgan fingerprint density at radius 1 is 1.10 bits per heavy atom. The molecule has 1 aromatic carbocycles. The van der Waals surface area contributed by atoms with Gasteiger partial charge in [-0.05, 0) is 30.9 Å². The second-order valence-electron chi connectivity index (χ2n) is 7.65. The molecule has 0 spiro atoms. The van der Waals surface area contributed by atoms with Crippen LogP contribution in [-0.4, -0.2) is 80.8 Å². The second-order valence-corrected chi connectivity index (χ2v) is 7.65. The van der Waals surface area contributed by atoms with Crippen LogP contribution in [0.15, 0.2) is 29.3 Å². The zero-order chi connectivity index (χ0) is 19.6. The summed E-state index contributed by atoms with van der Waals surface area (Å²) < 4.78 is 5.42. The Bertz CT molecular complexity index is 621. The molecule has 3 rings (SSSR count). The largest absolute Gasteiger partial charge is 0.379 e. The van der Waals surface area contributed by atoms with Crippen LogP contribution in [0.5, 0.6) is 0 Å². The Hall–Kier alpha value is -0.900. The molecule has 29 heavy (non-hydrogen) atoms. The van der Waals surface area contributed by atoms with Gasteiger partial charge in [0.2, 0.25) is 0 Å². The third kappa shape index (κ3) is 7.70. The van der Waals surface area contributed by atoms with Crippen LogP contribution in [0.3, 0.4) is 0 Å². The van der Waals surface area contributed by atoms with Gasteiger partial charge in [0.25, 0.3) is 0 Å². The third-order valence-electron chi connectivity index (χ3n) is 5.78. The van der Waals surface area contributed by atoms with Crippen LogP contribution in [0.25, 0.3) is 0 Å². The van der Waals surface area contributed by atoms with Gasteiger partial charge < -0.3 is 15.4 Å². The van der Waals surface area contributed by atoms with Crippen molar-refractivity contribution in [3.63, 3.8) is 0 Å². The number of ether oxygens (including phenoxy) is 1. The van der Waals surface area contributed by atoms with E-state index in [0.717, 1.165) is 84.4 Å². The van der Waals surface area contributed by atoms with Crippen molar-refractivity contribution in [2.45, 2.75) is 39.3 Å². The molecule has 0 aromatic heterocycles. The molecule has 2 aliphatic rings. The maximum atomic E-state index is 5.42. The van der Waals surface area contributed by atoms with Crippen molar-refractivity contribution in [2.75, 3.05) is 59.0 Å². The number of rotatable bonds is 8. The summed E-state index contributed by atoms with van der Waals surface area (Å²) in [5, 5.41) is 6.90. The van der Waals surface area contributed by atoms with E-state index in [-0.39, 0.29) is 24.0 Å². The standard InChI is InChI=1S/C22H37N5O.HI/c1-3-21(27-11-9-19-7-5-6-8-20(19)18-27)17-25-22(23-4-2)24-10-12-26-13-15-28-16-14-26;/h5-8,21H,3-4,9-18H2,1-2H3,(H2,23,24,25);1H. The molecule has 1 unspecified atom stereocenters. The first-order chi connectivity index (χ1) is 13.8. The molecule has 7 heteroatoms. The van der Waals surface area contributed by atoms with E-state index in [2.05, 4.69) is 58.5 Å². The zero-order valence-electron chi connectivity index (χ0n) is 18.0. The van der Waals surface area contributed by atoms with Gasteiger partial charge in [0.1, 0.15) is 0 Å². The minimum atomic E-state index is 0. The van der Waals surface area contributed by atoms with Gasteiger partial charge >= 0.3 is 0 Å². The third-order valence-corrected chi connectivity index (χ3v) is 5.78. The number of nitrogens with zero attached hydrogens (tertiary/aromatic N) is 3. The molecule has 0 radical (unpaired) electrons. The molecule has 1 saturated heterocycles. The predicted molar refractivity (Wildman–Crippen MR) is 131 cm³/mol. The normalized spacial score (nSPS) is 19.2. The number of halogens is 1. The molecule has 0 aliphatic carbocycles. The molecule has 6 nitrogen and oxygen atoms in total. The van der Waals surface area contributed by atoms with Crippen LogP contribution in [0.2, 0.25) is 0 Å². The number of nitrogens with one attached hydrogen (secondary N) is 2. The van der Waals surface area contributed by atoms with Gasteiger partial charge in [0.05, 0.1) is 19.8 Å². The van der Waals surface area contributed by atoms with Crippen LogP contribution >= 0.6 is 24.0 Å². The summed E-state index contributed by atoms with van der Waals surface area (Å²) in [6.07, 6.45) is 2.27. The lowest BCUT2D eigenvalue weighted by molar-refractivity contribution is 0.0389. The van der Waals surface area contributed by atoms with Crippen molar-refractivity contribution < 1.29 is 4.74 Å². The number of benzene rings is 1. The SMILES string of the molecule is CCNC(=NCC(CC)N1CCc2ccccc2C1)NCCN1CCOCC1.I. The molecule has 2 heterocycles. The minimum Gasteiger partial charge on any atom is -0.379 e. The van der Waals surface area contributed by atoms with Gasteiger partial charge in [-0.1, -0.05) is 31.2 Å². The Balaban J connectivity index is 0.00000300. The first-order valence-electron chi connectivity index (χ1n) is 10.9. The average Bonchev–Trinajstić information content (AvgIpc) is 2.75. The summed E-state index contributed by atoms with van der Waals surface area (Å²) in [4.78, 5) is 9.95. The van der Waals surface area contributed by atoms with E-state index in [1.165, 1.54) is 11.1 Å². The van der Waals surface area contributed by atoms with E-state index in [4.69, 9.17) is 9.73 Å². The highest BCUT2D eigenvalue weighted by atomic mass is 127. The highest BCUT2D eigenvalue weighted by Gasteiger charge is 2.22. The summed E-state index contributed by atoms with van der Waals surface area (Å²) in [6.45, 7) is 14.0. The molecule has 0 amide bonds. The first kappa shape index (κ1) is 24.4. The highest BCUT2D eigenvalue weighted by Crippen LogP contribution is 2.21. The van der Waals surface area contributed by atoms with Gasteiger partial charge in [-0.2, -0.15) is 0 Å². The van der Waals surface area contributed by atoms with Crippen molar-refractivity contribution in [1.29, 1.82) is 0 Å². The average molecular weight is 515 g/mol. The lowest BCUT2D eigenvalue weighted by Crippen LogP contribution is -2.45. The molecule has 1 fully saturated rings. The van der Waals surface area contributed by atoms with Crippen molar-refractivity contribution in [1.82, 2.24) is 20.4 Å². The zero-order valence-corrected chi connectivity index (χ0v) is 20.4. The summed E-state index contributed by atoms with van der Waals surface area (Å²) in [6, 6.07) is 9.34. The Morgan fingerprint density at radius 3 is 2.59 bits per heavy atom. The van der Waals surface area contributed by atoms with Crippen molar-refractivity contribution in [3.05, 3.63) is 35.4 Å². The van der Waals surface area contributed by atoms with Gasteiger partial charge in [-0.25, -0.2) is 0 Å². The highest BCUT2D eigenvalue weighted by molar-refractivity contribution is 14.0. The van der Waals surface area contributed by atoms with Gasteiger partial charge in [-0.3, -0.25) is 14.8 Å². The summed E-state index contributed by atoms with van der Waals surface area (Å²) in [5.74, 6) is 0.937. The monoisotopic (exact) mass is 515 g/mol. The maximum Gasteiger partial charge on any atom is 0.191 e. The fourth-order valence-corrected chi connectivity index (χ4v) is 4.03. The second kappa shape index (κ2) is 13.4. The van der Waals surface area contributed by atoms with Crippen molar-refractivity contribution in [3.8, 4) is 0 Å². The smallest absolute Gasteiger partial charge is 0.191 e. The van der Waals surface area contributed by atoms with Crippen molar-refractivity contribution in [2.24, 2.45) is 4.99 Å². The van der Waals surface area contributed by atoms with Crippen LogP contribution < -0.4 is 10.6 Å². The van der Waals surface area contributed by atoms with Gasteiger partial charge in [-0.15, -0.1) is 24.0 Å². The van der Waals surface area contributed by atoms with Gasteiger partial charge in [0.15, 0.2) is 5.96 Å². The first-order valence-corrected chi connectivity index (χ1v) is 10.9. The number of guanidine groups is 1. The summed E-state index contributed by atoms with van der Waals surface area (Å²) in [5.41, 5.74) is 2.99. The number of hydrogen-bond acceptors (Lipinski definition) is 4. The summed E-state index contributed by atoms with van der Waals surface area (Å²) in [7, 11) is 0. The van der Waals surface area contributed by atoms with Crippen LogP contribution in [-0.2, 0) is 17.7 Å². The molecule has 164 valence electrons. The lowest BCUT2D eigenvalue weighted by Gasteiger charge is -2.34. The topological polar surface area (TPSA) is 52.1 Å². The van der Waals surface area contributed by atoms with Crippen LogP contribution in [0.1, 0.15) is 31.4 Å². The quantitative estimate of drug-likeness (QED) is 0.316. The predicted octanol–water partition coefficient (Wildman–Crippen LogP) is 2.33. The molecule has 2 N–H and O–H groups in total. The van der Waals surface area contributed by atoms with E-state index in [1.54, 1.807) is 0 Å². The molecule has 1 atom stereocenters. The molecule has 0 saturated carbocycles. The molecular formula is C22H38IN5O. The minimum absolute atomic E-state index is 0. The summed E-state index contributed by atoms with van der Waals surface area (Å²) >= 11 is 0. The van der Waals surface area contributed by atoms with Crippen LogP contribution in [0.4, 0.5) is 0 Å². The lowest BCUT2D eigenvalue weighted by atomic mass is 9.98. The fraction of sp³-hybridized carbons (Fsp3) is 0.682. The van der Waals surface area contributed by atoms with E-state index in [0.29, 0.717) is 6.04 Å². The van der Waals surface area contributed by atoms with E-state index in [9.17, 15) is 0 Å². The number of hydrogen-bond donors (Lipinski definition) is 2. The Labute approximate surface area is 193 Å². The van der Waals surface area contributed by atoms with E-state index < -0.39 is 0 Å². The Morgan fingerprint density at radius 2 is 1.86 bits per heavy atom. The molecular weight excluding hydrogens is 477 g/mol. The number of morpholine rings is 1. The number of fused-ring (bicyclic) bond motifs is 1. The van der Waals surface area contributed by atoms with E-state index in [1.807, 2.05) is 0 Å². The van der Waals surface area contributed by atoms with Gasteiger partial charge in [0, 0.05) is 51.9 Å². The molecule has 0 bridgehead atoms. The number of aliphatic imine (C=N–C) groups is 1. The van der Waals surface area contributed by atoms with E-state index >= 15 is 0 Å². The maximum absolute atomic E-state index is 5.42. The Kier molecular flexibility index (Phi) is 11.3. The molecule has 2 aliphatic heterocycles. The fourth-order valence-electron chi connectivity index (χ4n) is 4.03. The molecule has 1 aromatic rings.